The van der Waals surface area contributed by atoms with Crippen LogP contribution in [0.5, 0.6) is 0 Å². The Morgan fingerprint density at radius 3 is 2.67 bits per heavy atom. The van der Waals surface area contributed by atoms with E-state index < -0.39 is 0 Å². The predicted octanol–water partition coefficient (Wildman–Crippen LogP) is 4.14. The molecule has 0 aliphatic carbocycles. The number of hydrogen-bond acceptors (Lipinski definition) is 2. The van der Waals surface area contributed by atoms with Gasteiger partial charge in [0.25, 0.3) is 0 Å². The second-order valence-corrected chi connectivity index (χ2v) is 5.29. The van der Waals surface area contributed by atoms with Crippen LogP contribution in [0.3, 0.4) is 0 Å². The zero-order valence-electron chi connectivity index (χ0n) is 10.0. The molecule has 0 saturated heterocycles. The van der Waals surface area contributed by atoms with Crippen LogP contribution in [0.15, 0.2) is 59.3 Å². The Bertz CT molecular complexity index is 638. The van der Waals surface area contributed by atoms with Gasteiger partial charge in [0.15, 0.2) is 0 Å². The third kappa shape index (κ3) is 2.17. The summed E-state index contributed by atoms with van der Waals surface area (Å²) in [7, 11) is 0. The van der Waals surface area contributed by atoms with E-state index >= 15 is 0 Å². The van der Waals surface area contributed by atoms with Gasteiger partial charge in [0.05, 0.1) is 0 Å². The molecule has 0 radical (unpaired) electrons. The van der Waals surface area contributed by atoms with Crippen LogP contribution in [0.25, 0.3) is 10.8 Å². The highest BCUT2D eigenvalue weighted by Crippen LogP contribution is 2.24. The van der Waals surface area contributed by atoms with Crippen LogP contribution in [0, 0.1) is 0 Å². The molecule has 2 N–H and O–H groups in total. The first-order valence-corrected chi connectivity index (χ1v) is 7.03. The standard InChI is InChI=1S/C16H15NS/c17-16(14-8-9-18-11-14)10-13-6-3-5-12-4-1-2-7-15(12)13/h1-9,11,16H,10,17H2. The van der Waals surface area contributed by atoms with Crippen molar-refractivity contribution in [3.05, 3.63) is 70.4 Å². The van der Waals surface area contributed by atoms with Crippen molar-refractivity contribution < 1.29 is 0 Å². The molecule has 1 atom stereocenters. The normalized spacial score (nSPS) is 12.7. The van der Waals surface area contributed by atoms with E-state index in [2.05, 4.69) is 59.3 Å². The number of nitrogens with two attached hydrogens (primary N) is 1. The summed E-state index contributed by atoms with van der Waals surface area (Å²) in [6, 6.07) is 17.1. The minimum atomic E-state index is 0.0852. The molecule has 0 fully saturated rings. The van der Waals surface area contributed by atoms with E-state index in [4.69, 9.17) is 5.73 Å². The Morgan fingerprint density at radius 1 is 1.00 bits per heavy atom. The quantitative estimate of drug-likeness (QED) is 0.745. The molecule has 1 aromatic heterocycles. The minimum absolute atomic E-state index is 0.0852. The largest absolute Gasteiger partial charge is 0.324 e. The Hall–Kier alpha value is -1.64. The summed E-state index contributed by atoms with van der Waals surface area (Å²) < 4.78 is 0. The third-order valence-corrected chi connectivity index (χ3v) is 3.99. The van der Waals surface area contributed by atoms with E-state index in [1.54, 1.807) is 11.3 Å². The topological polar surface area (TPSA) is 26.0 Å². The first-order chi connectivity index (χ1) is 8.84. The zero-order chi connectivity index (χ0) is 12.4. The van der Waals surface area contributed by atoms with Gasteiger partial charge in [0, 0.05) is 6.04 Å². The smallest absolute Gasteiger partial charge is 0.0344 e. The molecule has 3 aromatic rings. The third-order valence-electron chi connectivity index (χ3n) is 3.29. The lowest BCUT2D eigenvalue weighted by atomic mass is 9.97. The molecule has 1 unspecified atom stereocenters. The Kier molecular flexibility index (Phi) is 3.13. The molecule has 0 amide bonds. The molecular formula is C16H15NS. The summed E-state index contributed by atoms with van der Waals surface area (Å²) in [6.07, 6.45) is 0.887. The molecule has 0 spiro atoms. The van der Waals surface area contributed by atoms with E-state index in [1.165, 1.54) is 21.9 Å². The van der Waals surface area contributed by atoms with Crippen LogP contribution in [0.2, 0.25) is 0 Å². The van der Waals surface area contributed by atoms with Crippen molar-refractivity contribution in [2.24, 2.45) is 5.73 Å². The minimum Gasteiger partial charge on any atom is -0.324 e. The highest BCUT2D eigenvalue weighted by molar-refractivity contribution is 7.07. The van der Waals surface area contributed by atoms with E-state index in [9.17, 15) is 0 Å². The zero-order valence-corrected chi connectivity index (χ0v) is 10.9. The maximum Gasteiger partial charge on any atom is 0.0344 e. The Balaban J connectivity index is 1.95. The molecule has 3 rings (SSSR count). The van der Waals surface area contributed by atoms with Crippen molar-refractivity contribution in [1.82, 2.24) is 0 Å². The molecule has 0 saturated carbocycles. The van der Waals surface area contributed by atoms with Crippen molar-refractivity contribution >= 4 is 22.1 Å². The van der Waals surface area contributed by atoms with Crippen LogP contribution in [-0.4, -0.2) is 0 Å². The van der Waals surface area contributed by atoms with Gasteiger partial charge in [0.2, 0.25) is 0 Å². The number of rotatable bonds is 3. The lowest BCUT2D eigenvalue weighted by molar-refractivity contribution is 0.728. The fourth-order valence-corrected chi connectivity index (χ4v) is 3.04. The molecule has 0 aliphatic rings. The van der Waals surface area contributed by atoms with Gasteiger partial charge in [-0.1, -0.05) is 42.5 Å². The van der Waals surface area contributed by atoms with Gasteiger partial charge in [-0.3, -0.25) is 0 Å². The van der Waals surface area contributed by atoms with Crippen LogP contribution in [-0.2, 0) is 6.42 Å². The number of thiophene rings is 1. The van der Waals surface area contributed by atoms with Crippen molar-refractivity contribution in [1.29, 1.82) is 0 Å². The monoisotopic (exact) mass is 253 g/mol. The van der Waals surface area contributed by atoms with Gasteiger partial charge in [-0.05, 0) is 45.1 Å². The molecule has 0 bridgehead atoms. The summed E-state index contributed by atoms with van der Waals surface area (Å²) in [5.74, 6) is 0. The second-order valence-electron chi connectivity index (χ2n) is 4.51. The SMILES string of the molecule is NC(Cc1cccc2ccccc12)c1ccsc1. The first kappa shape index (κ1) is 11.5. The van der Waals surface area contributed by atoms with Gasteiger partial charge >= 0.3 is 0 Å². The molecule has 18 heavy (non-hydrogen) atoms. The predicted molar refractivity (Wildman–Crippen MR) is 78.9 cm³/mol. The first-order valence-electron chi connectivity index (χ1n) is 6.09. The average molecular weight is 253 g/mol. The molecule has 1 heterocycles. The van der Waals surface area contributed by atoms with Gasteiger partial charge in [-0.15, -0.1) is 0 Å². The summed E-state index contributed by atoms with van der Waals surface area (Å²) in [6.45, 7) is 0. The Labute approximate surface area is 111 Å². The van der Waals surface area contributed by atoms with Gasteiger partial charge < -0.3 is 5.73 Å². The van der Waals surface area contributed by atoms with Crippen molar-refractivity contribution in [3.63, 3.8) is 0 Å². The number of fused-ring (bicyclic) bond motifs is 1. The Morgan fingerprint density at radius 2 is 1.83 bits per heavy atom. The van der Waals surface area contributed by atoms with Crippen LogP contribution >= 0.6 is 11.3 Å². The lowest BCUT2D eigenvalue weighted by Crippen LogP contribution is -2.12. The highest BCUT2D eigenvalue weighted by atomic mass is 32.1. The molecular weight excluding hydrogens is 238 g/mol. The molecule has 2 aromatic carbocycles. The summed E-state index contributed by atoms with van der Waals surface area (Å²) >= 11 is 1.70. The van der Waals surface area contributed by atoms with E-state index in [1.807, 2.05) is 0 Å². The van der Waals surface area contributed by atoms with Gasteiger partial charge in [0.1, 0.15) is 0 Å². The average Bonchev–Trinajstić information content (AvgIpc) is 2.93. The molecule has 2 heteroatoms. The molecule has 0 aliphatic heterocycles. The van der Waals surface area contributed by atoms with Crippen molar-refractivity contribution in [2.75, 3.05) is 0 Å². The fraction of sp³-hybridized carbons (Fsp3) is 0.125. The van der Waals surface area contributed by atoms with Gasteiger partial charge in [-0.2, -0.15) is 11.3 Å². The number of hydrogen-bond donors (Lipinski definition) is 1. The highest BCUT2D eigenvalue weighted by Gasteiger charge is 2.09. The van der Waals surface area contributed by atoms with Crippen molar-refractivity contribution in [3.8, 4) is 0 Å². The van der Waals surface area contributed by atoms with Crippen LogP contribution < -0.4 is 5.73 Å². The maximum absolute atomic E-state index is 6.27. The number of benzene rings is 2. The second kappa shape index (κ2) is 4.92. The maximum atomic E-state index is 6.27. The summed E-state index contributed by atoms with van der Waals surface area (Å²) in [5, 5.41) is 6.81. The van der Waals surface area contributed by atoms with Crippen LogP contribution in [0.1, 0.15) is 17.2 Å². The van der Waals surface area contributed by atoms with E-state index in [-0.39, 0.29) is 6.04 Å². The molecule has 90 valence electrons. The van der Waals surface area contributed by atoms with E-state index in [0.29, 0.717) is 0 Å². The van der Waals surface area contributed by atoms with Crippen LogP contribution in [0.4, 0.5) is 0 Å². The lowest BCUT2D eigenvalue weighted by Gasteiger charge is -2.12. The van der Waals surface area contributed by atoms with Gasteiger partial charge in [-0.25, -0.2) is 0 Å². The van der Waals surface area contributed by atoms with E-state index in [0.717, 1.165) is 6.42 Å². The summed E-state index contributed by atoms with van der Waals surface area (Å²) in [5.41, 5.74) is 8.82. The summed E-state index contributed by atoms with van der Waals surface area (Å²) in [4.78, 5) is 0. The van der Waals surface area contributed by atoms with Crippen molar-refractivity contribution in [2.45, 2.75) is 12.5 Å². The fourth-order valence-electron chi connectivity index (χ4n) is 2.31. The molecule has 1 nitrogen and oxygen atoms in total.